The average molecular weight is 471 g/mol. The fourth-order valence-electron chi connectivity index (χ4n) is 3.38. The first-order valence-corrected chi connectivity index (χ1v) is 9.24. The quantitative estimate of drug-likeness (QED) is 0.402. The Balaban J connectivity index is 2.39. The molecule has 0 aliphatic carbocycles. The van der Waals surface area contributed by atoms with Crippen LogP contribution >= 0.6 is 0 Å². The van der Waals surface area contributed by atoms with Crippen molar-refractivity contribution in [2.45, 2.75) is 50.3 Å². The predicted molar refractivity (Wildman–Crippen MR) is 99.8 cm³/mol. The molecule has 0 spiro atoms. The number of halogens is 8. The van der Waals surface area contributed by atoms with Gasteiger partial charge in [-0.15, -0.1) is 0 Å². The van der Waals surface area contributed by atoms with Crippen LogP contribution in [0.4, 0.5) is 35.1 Å². The van der Waals surface area contributed by atoms with Gasteiger partial charge < -0.3 is 9.84 Å². The zero-order chi connectivity index (χ0) is 24.5. The molecule has 1 unspecified atom stereocenters. The fraction of sp³-hybridized carbons (Fsp3) is 0.429. The molecule has 0 bridgehead atoms. The second-order valence-corrected chi connectivity index (χ2v) is 7.89. The Morgan fingerprint density at radius 3 is 2.09 bits per heavy atom. The van der Waals surface area contributed by atoms with Crippen LogP contribution in [0, 0.1) is 11.6 Å². The second-order valence-electron chi connectivity index (χ2n) is 7.89. The lowest BCUT2D eigenvalue weighted by Gasteiger charge is -2.39. The van der Waals surface area contributed by atoms with Crippen molar-refractivity contribution in [2.75, 3.05) is 7.11 Å². The Kier molecular flexibility index (Phi) is 7.16. The Labute approximate surface area is 179 Å². The molecule has 0 saturated heterocycles. The summed E-state index contributed by atoms with van der Waals surface area (Å²) in [7, 11) is 1.23. The van der Waals surface area contributed by atoms with Gasteiger partial charge >= 0.3 is 12.4 Å². The molecule has 0 amide bonds. The minimum atomic E-state index is -5.30. The van der Waals surface area contributed by atoms with Crippen molar-refractivity contribution in [1.29, 1.82) is 0 Å². The molecule has 2 aromatic carbocycles. The molecule has 11 heteroatoms. The lowest BCUT2D eigenvalue weighted by Crippen LogP contribution is -2.59. The highest BCUT2D eigenvalue weighted by Gasteiger charge is 2.56. The van der Waals surface area contributed by atoms with Gasteiger partial charge in [0, 0.05) is 24.1 Å². The van der Waals surface area contributed by atoms with E-state index in [0.717, 1.165) is 24.3 Å². The predicted octanol–water partition coefficient (Wildman–Crippen LogP) is 5.70. The largest absolute Gasteiger partial charge is 0.496 e. The summed E-state index contributed by atoms with van der Waals surface area (Å²) in [5.41, 5.74) is -7.51. The first-order chi connectivity index (χ1) is 14.5. The van der Waals surface area contributed by atoms with E-state index < -0.39 is 59.2 Å². The number of benzene rings is 2. The highest BCUT2D eigenvalue weighted by Crippen LogP contribution is 2.43. The maximum Gasteiger partial charge on any atom is 0.431 e. The van der Waals surface area contributed by atoms with Gasteiger partial charge in [-0.25, -0.2) is 8.78 Å². The van der Waals surface area contributed by atoms with E-state index in [4.69, 9.17) is 4.74 Å². The van der Waals surface area contributed by atoms with E-state index in [1.165, 1.54) is 27.0 Å². The first-order valence-electron chi connectivity index (χ1n) is 9.24. The molecule has 32 heavy (non-hydrogen) atoms. The van der Waals surface area contributed by atoms with Crippen LogP contribution in [0.15, 0.2) is 36.4 Å². The van der Waals surface area contributed by atoms with Crippen molar-refractivity contribution in [3.05, 3.63) is 64.7 Å². The van der Waals surface area contributed by atoms with Crippen LogP contribution in [0.3, 0.4) is 0 Å². The number of hydrogen-bond donors (Lipinski definition) is 2. The molecule has 0 aromatic heterocycles. The molecule has 178 valence electrons. The standard InChI is InChI=1S/C21H21F8NO2/c1-18(2,15-9-13(22)7-8-16(15)32-3)11-19(31,21(27,28)29)30-10-12-5-4-6-14(17(12)23)20(24,25)26/h4-9,30-31H,10-11H2,1-3H3. The average Bonchev–Trinajstić information content (AvgIpc) is 2.65. The Bertz CT molecular complexity index is 956. The second kappa shape index (κ2) is 8.86. The van der Waals surface area contributed by atoms with Crippen molar-refractivity contribution >= 4 is 0 Å². The van der Waals surface area contributed by atoms with E-state index >= 15 is 0 Å². The van der Waals surface area contributed by atoms with Gasteiger partial charge in [0.05, 0.1) is 12.7 Å². The zero-order valence-electron chi connectivity index (χ0n) is 17.3. The smallest absolute Gasteiger partial charge is 0.431 e. The molecule has 0 fully saturated rings. The first kappa shape index (κ1) is 25.9. The van der Waals surface area contributed by atoms with Crippen LogP contribution in [0.1, 0.15) is 37.0 Å². The number of nitrogens with one attached hydrogen (secondary N) is 1. The lowest BCUT2D eigenvalue weighted by molar-refractivity contribution is -0.280. The topological polar surface area (TPSA) is 41.5 Å². The normalized spacial score (nSPS) is 14.9. The van der Waals surface area contributed by atoms with Gasteiger partial charge in [-0.1, -0.05) is 26.0 Å². The fourth-order valence-corrected chi connectivity index (χ4v) is 3.38. The summed E-state index contributed by atoms with van der Waals surface area (Å²) in [5, 5.41) is 12.2. The number of aliphatic hydroxyl groups is 1. The molecule has 3 nitrogen and oxygen atoms in total. The van der Waals surface area contributed by atoms with E-state index in [1.807, 2.05) is 0 Å². The Hall–Kier alpha value is -2.40. The summed E-state index contributed by atoms with van der Waals surface area (Å²) in [4.78, 5) is 0. The van der Waals surface area contributed by atoms with Crippen molar-refractivity contribution < 1.29 is 45.0 Å². The molecular weight excluding hydrogens is 450 g/mol. The summed E-state index contributed by atoms with van der Waals surface area (Å²) < 4.78 is 113. The van der Waals surface area contributed by atoms with E-state index in [9.17, 15) is 40.2 Å². The molecule has 0 radical (unpaired) electrons. The number of rotatable bonds is 7. The summed E-state index contributed by atoms with van der Waals surface area (Å²) in [5.74, 6) is -2.42. The lowest BCUT2D eigenvalue weighted by atomic mass is 9.77. The third kappa shape index (κ3) is 5.50. The molecular formula is C21H21F8NO2. The molecule has 2 aromatic rings. The highest BCUT2D eigenvalue weighted by atomic mass is 19.4. The van der Waals surface area contributed by atoms with Crippen molar-refractivity contribution in [3.8, 4) is 5.75 Å². The summed E-state index contributed by atoms with van der Waals surface area (Å²) in [6.07, 6.45) is -11.4. The molecule has 2 rings (SSSR count). The van der Waals surface area contributed by atoms with Crippen LogP contribution in [-0.2, 0) is 18.1 Å². The number of alkyl halides is 6. The SMILES string of the molecule is COc1ccc(F)cc1C(C)(C)CC(O)(NCc1cccc(C(F)(F)F)c1F)C(F)(F)F. The molecule has 2 N–H and O–H groups in total. The monoisotopic (exact) mass is 471 g/mol. The maximum absolute atomic E-state index is 14.2. The third-order valence-corrected chi connectivity index (χ3v) is 5.01. The van der Waals surface area contributed by atoms with Crippen LogP contribution in [0.2, 0.25) is 0 Å². The van der Waals surface area contributed by atoms with E-state index in [-0.39, 0.29) is 11.3 Å². The van der Waals surface area contributed by atoms with Gasteiger partial charge in [0.2, 0.25) is 5.72 Å². The van der Waals surface area contributed by atoms with Crippen molar-refractivity contribution in [2.24, 2.45) is 0 Å². The summed E-state index contributed by atoms with van der Waals surface area (Å²) >= 11 is 0. The molecule has 0 saturated carbocycles. The Morgan fingerprint density at radius 2 is 1.56 bits per heavy atom. The van der Waals surface area contributed by atoms with Gasteiger partial charge in [-0.3, -0.25) is 5.32 Å². The summed E-state index contributed by atoms with van der Waals surface area (Å²) in [6, 6.07) is 5.38. The Morgan fingerprint density at radius 1 is 0.938 bits per heavy atom. The molecule has 0 aliphatic heterocycles. The van der Waals surface area contributed by atoms with Gasteiger partial charge in [-0.2, -0.15) is 26.3 Å². The van der Waals surface area contributed by atoms with Gasteiger partial charge in [0.15, 0.2) is 0 Å². The zero-order valence-corrected chi connectivity index (χ0v) is 17.3. The highest BCUT2D eigenvalue weighted by molar-refractivity contribution is 5.39. The summed E-state index contributed by atoms with van der Waals surface area (Å²) in [6.45, 7) is 1.54. The minimum absolute atomic E-state index is 0.0229. The maximum atomic E-state index is 14.2. The van der Waals surface area contributed by atoms with Crippen molar-refractivity contribution in [3.63, 3.8) is 0 Å². The van der Waals surface area contributed by atoms with E-state index in [0.29, 0.717) is 6.07 Å². The third-order valence-electron chi connectivity index (χ3n) is 5.01. The van der Waals surface area contributed by atoms with Gasteiger partial charge in [0.1, 0.15) is 17.4 Å². The van der Waals surface area contributed by atoms with Crippen LogP contribution in [-0.4, -0.2) is 24.1 Å². The molecule has 1 atom stereocenters. The van der Waals surface area contributed by atoms with E-state index in [1.54, 1.807) is 5.32 Å². The number of methoxy groups -OCH3 is 1. The molecule has 0 heterocycles. The number of ether oxygens (including phenoxy) is 1. The van der Waals surface area contributed by atoms with Crippen LogP contribution in [0.25, 0.3) is 0 Å². The molecule has 0 aliphatic rings. The number of hydrogen-bond acceptors (Lipinski definition) is 3. The van der Waals surface area contributed by atoms with Crippen LogP contribution < -0.4 is 10.1 Å². The van der Waals surface area contributed by atoms with Crippen LogP contribution in [0.5, 0.6) is 5.75 Å². The minimum Gasteiger partial charge on any atom is -0.496 e. The van der Waals surface area contributed by atoms with Gasteiger partial charge in [-0.05, 0) is 29.7 Å². The van der Waals surface area contributed by atoms with Gasteiger partial charge in [0.25, 0.3) is 0 Å². The van der Waals surface area contributed by atoms with E-state index in [2.05, 4.69) is 0 Å². The van der Waals surface area contributed by atoms with Crippen molar-refractivity contribution in [1.82, 2.24) is 5.32 Å².